The number of nitrogens with zero attached hydrogens (tertiary/aromatic N) is 1. The fourth-order valence-electron chi connectivity index (χ4n) is 1.68. The van der Waals surface area contributed by atoms with Crippen LogP contribution in [0.4, 0.5) is 0 Å². The van der Waals surface area contributed by atoms with Gasteiger partial charge in [0.1, 0.15) is 6.04 Å². The Labute approximate surface area is 87.1 Å². The van der Waals surface area contributed by atoms with Crippen molar-refractivity contribution in [3.63, 3.8) is 0 Å². The van der Waals surface area contributed by atoms with Gasteiger partial charge in [0.05, 0.1) is 0 Å². The average Bonchev–Trinajstić information content (AvgIpc) is 2.10. The second kappa shape index (κ2) is 6.82. The highest BCUT2D eigenvalue weighted by Crippen LogP contribution is 2.10. The summed E-state index contributed by atoms with van der Waals surface area (Å²) in [6.45, 7) is 9.97. The van der Waals surface area contributed by atoms with Crippen molar-refractivity contribution in [1.29, 1.82) is 0 Å². The monoisotopic (exact) mass is 201 g/mol. The van der Waals surface area contributed by atoms with Crippen molar-refractivity contribution in [2.45, 2.75) is 46.6 Å². The number of carboxylic acid groups (broad SMARTS) is 1. The smallest absolute Gasteiger partial charge is 0.320 e. The Balaban J connectivity index is 4.33. The van der Waals surface area contributed by atoms with Crippen molar-refractivity contribution in [1.82, 2.24) is 4.90 Å². The number of hydrogen-bond acceptors (Lipinski definition) is 2. The number of aliphatic carboxylic acids is 1. The van der Waals surface area contributed by atoms with Gasteiger partial charge in [-0.25, -0.2) is 0 Å². The number of rotatable bonds is 7. The van der Waals surface area contributed by atoms with Crippen LogP contribution in [0.1, 0.15) is 40.5 Å². The second-order valence-corrected chi connectivity index (χ2v) is 4.12. The molecule has 0 aromatic rings. The molecule has 0 saturated heterocycles. The van der Waals surface area contributed by atoms with Crippen molar-refractivity contribution in [2.24, 2.45) is 5.92 Å². The van der Waals surface area contributed by atoms with E-state index in [1.54, 1.807) is 0 Å². The van der Waals surface area contributed by atoms with Crippen molar-refractivity contribution in [3.8, 4) is 0 Å². The van der Waals surface area contributed by atoms with Crippen molar-refractivity contribution >= 4 is 5.97 Å². The number of likely N-dealkylation sites (N-methyl/N-ethyl adjacent to an activating group) is 1. The van der Waals surface area contributed by atoms with E-state index >= 15 is 0 Å². The second-order valence-electron chi connectivity index (χ2n) is 4.12. The molecule has 1 atom stereocenters. The first-order valence-corrected chi connectivity index (χ1v) is 5.49. The van der Waals surface area contributed by atoms with Crippen LogP contribution in [0.3, 0.4) is 0 Å². The fraction of sp³-hybridized carbons (Fsp3) is 0.909. The zero-order valence-corrected chi connectivity index (χ0v) is 9.79. The molecule has 14 heavy (non-hydrogen) atoms. The van der Waals surface area contributed by atoms with Gasteiger partial charge in [0.25, 0.3) is 0 Å². The maximum absolute atomic E-state index is 11.0. The van der Waals surface area contributed by atoms with E-state index in [9.17, 15) is 4.79 Å². The third kappa shape index (κ3) is 4.61. The Hall–Kier alpha value is -0.570. The average molecular weight is 201 g/mol. The predicted octanol–water partition coefficient (Wildman–Crippen LogP) is 2.22. The molecule has 0 rings (SSSR count). The largest absolute Gasteiger partial charge is 0.480 e. The summed E-state index contributed by atoms with van der Waals surface area (Å²) in [5.41, 5.74) is 0. The molecule has 0 aromatic carbocycles. The minimum absolute atomic E-state index is 0.299. The molecule has 3 heteroatoms. The standard InChI is InChI=1S/C11H23NO2/c1-5-7-10(11(13)14)12(6-2)8-9(3)4/h9-10H,5-8H2,1-4H3,(H,13,14). The number of carbonyl (C=O) groups is 1. The van der Waals surface area contributed by atoms with Crippen molar-refractivity contribution in [2.75, 3.05) is 13.1 Å². The molecule has 0 aliphatic carbocycles. The molecule has 0 fully saturated rings. The molecule has 0 saturated carbocycles. The van der Waals surface area contributed by atoms with E-state index < -0.39 is 5.97 Å². The quantitative estimate of drug-likeness (QED) is 0.686. The van der Waals surface area contributed by atoms with Gasteiger partial charge in [-0.1, -0.05) is 34.1 Å². The first-order chi connectivity index (χ1) is 6.52. The molecule has 0 bridgehead atoms. The molecule has 0 aromatic heterocycles. The maximum Gasteiger partial charge on any atom is 0.320 e. The topological polar surface area (TPSA) is 40.5 Å². The molecule has 1 unspecified atom stereocenters. The molecule has 0 amide bonds. The van der Waals surface area contributed by atoms with Crippen LogP contribution in [-0.4, -0.2) is 35.1 Å². The summed E-state index contributed by atoms with van der Waals surface area (Å²) in [4.78, 5) is 13.1. The van der Waals surface area contributed by atoms with E-state index in [-0.39, 0.29) is 6.04 Å². The van der Waals surface area contributed by atoms with Gasteiger partial charge in [-0.15, -0.1) is 0 Å². The van der Waals surface area contributed by atoms with Crippen molar-refractivity contribution in [3.05, 3.63) is 0 Å². The van der Waals surface area contributed by atoms with Crippen LogP contribution in [0.2, 0.25) is 0 Å². The first kappa shape index (κ1) is 13.4. The van der Waals surface area contributed by atoms with E-state index in [0.717, 1.165) is 25.9 Å². The normalized spacial score (nSPS) is 13.6. The van der Waals surface area contributed by atoms with Crippen LogP contribution in [0.25, 0.3) is 0 Å². The van der Waals surface area contributed by atoms with Crippen LogP contribution in [0, 0.1) is 5.92 Å². The Kier molecular flexibility index (Phi) is 6.54. The number of carboxylic acids is 1. The first-order valence-electron chi connectivity index (χ1n) is 5.49. The van der Waals surface area contributed by atoms with Gasteiger partial charge in [-0.2, -0.15) is 0 Å². The minimum Gasteiger partial charge on any atom is -0.480 e. The number of hydrogen-bond donors (Lipinski definition) is 1. The lowest BCUT2D eigenvalue weighted by molar-refractivity contribution is -0.143. The Morgan fingerprint density at radius 3 is 2.21 bits per heavy atom. The van der Waals surface area contributed by atoms with E-state index in [1.807, 2.05) is 13.8 Å². The molecule has 84 valence electrons. The van der Waals surface area contributed by atoms with Gasteiger partial charge < -0.3 is 5.11 Å². The van der Waals surface area contributed by atoms with Crippen LogP contribution in [0.5, 0.6) is 0 Å². The van der Waals surface area contributed by atoms with Crippen molar-refractivity contribution < 1.29 is 9.90 Å². The summed E-state index contributed by atoms with van der Waals surface area (Å²) in [6.07, 6.45) is 1.67. The molecule has 0 aliphatic heterocycles. The van der Waals surface area contributed by atoms with Crippen LogP contribution in [0.15, 0.2) is 0 Å². The van der Waals surface area contributed by atoms with Gasteiger partial charge in [-0.3, -0.25) is 9.69 Å². The predicted molar refractivity (Wildman–Crippen MR) is 58.4 cm³/mol. The highest BCUT2D eigenvalue weighted by molar-refractivity contribution is 5.73. The highest BCUT2D eigenvalue weighted by atomic mass is 16.4. The molecular weight excluding hydrogens is 178 g/mol. The molecule has 0 aliphatic rings. The van der Waals surface area contributed by atoms with Gasteiger partial charge >= 0.3 is 5.97 Å². The summed E-state index contributed by atoms with van der Waals surface area (Å²) < 4.78 is 0. The molecule has 1 N–H and O–H groups in total. The lowest BCUT2D eigenvalue weighted by atomic mass is 10.1. The zero-order valence-electron chi connectivity index (χ0n) is 9.79. The lowest BCUT2D eigenvalue weighted by Crippen LogP contribution is -2.42. The Bertz CT molecular complexity index is 169. The van der Waals surface area contributed by atoms with E-state index in [4.69, 9.17) is 5.11 Å². The summed E-state index contributed by atoms with van der Waals surface area (Å²) in [5.74, 6) is -0.164. The van der Waals surface area contributed by atoms with E-state index in [2.05, 4.69) is 18.7 Å². The molecule has 0 spiro atoms. The van der Waals surface area contributed by atoms with E-state index in [1.165, 1.54) is 0 Å². The summed E-state index contributed by atoms with van der Waals surface area (Å²) in [6, 6.07) is -0.299. The van der Waals surface area contributed by atoms with E-state index in [0.29, 0.717) is 5.92 Å². The molecule has 0 radical (unpaired) electrons. The summed E-state index contributed by atoms with van der Waals surface area (Å²) in [5, 5.41) is 9.08. The lowest BCUT2D eigenvalue weighted by Gasteiger charge is -2.28. The third-order valence-electron chi connectivity index (χ3n) is 2.29. The van der Waals surface area contributed by atoms with Gasteiger partial charge in [0, 0.05) is 6.54 Å². The van der Waals surface area contributed by atoms with Gasteiger partial charge in [0.15, 0.2) is 0 Å². The zero-order chi connectivity index (χ0) is 11.1. The SMILES string of the molecule is CCCC(C(=O)O)N(CC)CC(C)C. The van der Waals surface area contributed by atoms with Gasteiger partial charge in [0.2, 0.25) is 0 Å². The van der Waals surface area contributed by atoms with Crippen LogP contribution >= 0.6 is 0 Å². The molecule has 3 nitrogen and oxygen atoms in total. The maximum atomic E-state index is 11.0. The van der Waals surface area contributed by atoms with Crippen LogP contribution in [-0.2, 0) is 4.79 Å². The molecular formula is C11H23NO2. The summed E-state index contributed by atoms with van der Waals surface area (Å²) >= 11 is 0. The summed E-state index contributed by atoms with van der Waals surface area (Å²) in [7, 11) is 0. The van der Waals surface area contributed by atoms with Gasteiger partial charge in [-0.05, 0) is 18.9 Å². The highest BCUT2D eigenvalue weighted by Gasteiger charge is 2.23. The molecule has 0 heterocycles. The third-order valence-corrected chi connectivity index (χ3v) is 2.29. The Morgan fingerprint density at radius 1 is 1.36 bits per heavy atom. The van der Waals surface area contributed by atoms with Crippen LogP contribution < -0.4 is 0 Å². The fourth-order valence-corrected chi connectivity index (χ4v) is 1.68. The Morgan fingerprint density at radius 2 is 1.93 bits per heavy atom. The minimum atomic E-state index is -0.686.